The summed E-state index contributed by atoms with van der Waals surface area (Å²) < 4.78 is 0. The van der Waals surface area contributed by atoms with Crippen LogP contribution in [0.4, 0.5) is 5.69 Å². The molecular formula is C16H19N3. The first-order valence-corrected chi connectivity index (χ1v) is 6.69. The van der Waals surface area contributed by atoms with Crippen LogP contribution >= 0.6 is 0 Å². The lowest BCUT2D eigenvalue weighted by Gasteiger charge is -2.44. The van der Waals surface area contributed by atoms with Gasteiger partial charge in [-0.05, 0) is 42.0 Å². The van der Waals surface area contributed by atoms with Crippen LogP contribution in [0.2, 0.25) is 0 Å². The van der Waals surface area contributed by atoms with E-state index < -0.39 is 0 Å². The average molecular weight is 253 g/mol. The molecule has 1 atom stereocenters. The van der Waals surface area contributed by atoms with Gasteiger partial charge in [-0.3, -0.25) is 0 Å². The number of benzene rings is 1. The fourth-order valence-corrected chi connectivity index (χ4v) is 2.86. The van der Waals surface area contributed by atoms with Crippen LogP contribution in [0.25, 0.3) is 0 Å². The molecule has 0 bridgehead atoms. The van der Waals surface area contributed by atoms with Crippen LogP contribution in [0.1, 0.15) is 32.3 Å². The Morgan fingerprint density at radius 3 is 2.47 bits per heavy atom. The first kappa shape index (κ1) is 13.4. The Labute approximate surface area is 115 Å². The third-order valence-corrected chi connectivity index (χ3v) is 4.15. The molecule has 1 aliphatic heterocycles. The second kappa shape index (κ2) is 5.33. The highest BCUT2D eigenvalue weighted by Crippen LogP contribution is 2.38. The molecule has 0 N–H and O–H groups in total. The molecule has 1 aliphatic rings. The van der Waals surface area contributed by atoms with E-state index in [2.05, 4.69) is 30.9 Å². The maximum absolute atomic E-state index is 8.90. The third kappa shape index (κ3) is 2.88. The molecule has 2 rings (SSSR count). The zero-order valence-corrected chi connectivity index (χ0v) is 11.6. The summed E-state index contributed by atoms with van der Waals surface area (Å²) in [7, 11) is 0. The molecule has 0 aromatic heterocycles. The molecule has 1 fully saturated rings. The summed E-state index contributed by atoms with van der Waals surface area (Å²) in [4.78, 5) is 2.36. The van der Waals surface area contributed by atoms with Gasteiger partial charge in [0, 0.05) is 25.2 Å². The minimum absolute atomic E-state index is 0.155. The molecule has 1 saturated heterocycles. The summed E-state index contributed by atoms with van der Waals surface area (Å²) >= 11 is 0. The summed E-state index contributed by atoms with van der Waals surface area (Å²) in [6.07, 6.45) is 1.70. The van der Waals surface area contributed by atoms with Crippen molar-refractivity contribution in [3.05, 3.63) is 29.8 Å². The topological polar surface area (TPSA) is 50.8 Å². The van der Waals surface area contributed by atoms with Crippen LogP contribution in [0.3, 0.4) is 0 Å². The molecule has 0 spiro atoms. The Kier molecular flexibility index (Phi) is 3.76. The molecule has 3 heteroatoms. The molecule has 1 aromatic carbocycles. The maximum atomic E-state index is 8.90. The third-order valence-electron chi connectivity index (χ3n) is 4.15. The van der Waals surface area contributed by atoms with Gasteiger partial charge in [0.15, 0.2) is 0 Å². The number of rotatable bonds is 2. The minimum Gasteiger partial charge on any atom is -0.371 e. The molecule has 1 heterocycles. The van der Waals surface area contributed by atoms with Crippen molar-refractivity contribution >= 4 is 5.69 Å². The summed E-state index contributed by atoms with van der Waals surface area (Å²) in [6, 6.07) is 12.2. The summed E-state index contributed by atoms with van der Waals surface area (Å²) in [5, 5.41) is 17.7. The normalized spacial score (nSPS) is 21.5. The van der Waals surface area contributed by atoms with Gasteiger partial charge < -0.3 is 4.90 Å². The number of nitrogens with zero attached hydrogens (tertiary/aromatic N) is 3. The first-order chi connectivity index (χ1) is 9.06. The Morgan fingerprint density at radius 1 is 1.26 bits per heavy atom. The summed E-state index contributed by atoms with van der Waals surface area (Å²) in [6.45, 7) is 6.43. The van der Waals surface area contributed by atoms with Crippen molar-refractivity contribution in [1.82, 2.24) is 0 Å². The number of hydrogen-bond acceptors (Lipinski definition) is 3. The van der Waals surface area contributed by atoms with E-state index in [0.717, 1.165) is 19.5 Å². The smallest absolute Gasteiger partial charge is 0.0991 e. The van der Waals surface area contributed by atoms with E-state index in [-0.39, 0.29) is 5.41 Å². The minimum atomic E-state index is 0.155. The molecule has 0 amide bonds. The number of piperidine rings is 1. The van der Waals surface area contributed by atoms with E-state index in [1.54, 1.807) is 0 Å². The number of hydrogen-bond donors (Lipinski definition) is 0. The summed E-state index contributed by atoms with van der Waals surface area (Å²) in [5.41, 5.74) is 2.02. The van der Waals surface area contributed by atoms with Gasteiger partial charge in [-0.25, -0.2) is 0 Å². The highest BCUT2D eigenvalue weighted by molar-refractivity contribution is 5.50. The van der Waals surface area contributed by atoms with Crippen molar-refractivity contribution in [3.63, 3.8) is 0 Å². The van der Waals surface area contributed by atoms with Crippen molar-refractivity contribution < 1.29 is 0 Å². The van der Waals surface area contributed by atoms with E-state index in [0.29, 0.717) is 17.9 Å². The lowest BCUT2D eigenvalue weighted by Crippen LogP contribution is -2.45. The number of nitriles is 2. The second-order valence-electron chi connectivity index (χ2n) is 5.92. The van der Waals surface area contributed by atoms with Crippen molar-refractivity contribution in [2.24, 2.45) is 11.3 Å². The molecule has 3 nitrogen and oxygen atoms in total. The zero-order valence-electron chi connectivity index (χ0n) is 11.6. The highest BCUT2D eigenvalue weighted by atomic mass is 15.1. The van der Waals surface area contributed by atoms with Crippen LogP contribution in [0.5, 0.6) is 0 Å². The molecular weight excluding hydrogens is 234 g/mol. The van der Waals surface area contributed by atoms with Gasteiger partial charge in [0.05, 0.1) is 17.7 Å². The predicted octanol–water partition coefficient (Wildman–Crippen LogP) is 3.32. The Balaban J connectivity index is 2.12. The van der Waals surface area contributed by atoms with E-state index in [1.165, 1.54) is 5.69 Å². The van der Waals surface area contributed by atoms with Crippen LogP contribution in [-0.2, 0) is 0 Å². The van der Waals surface area contributed by atoms with E-state index in [4.69, 9.17) is 10.5 Å². The van der Waals surface area contributed by atoms with Crippen molar-refractivity contribution in [3.8, 4) is 12.1 Å². The molecule has 98 valence electrons. The van der Waals surface area contributed by atoms with Crippen LogP contribution in [0.15, 0.2) is 24.3 Å². The SMILES string of the molecule is CC1(C)CN(c2ccc(C#N)cc2)CCC1CC#N. The molecule has 1 aromatic rings. The quantitative estimate of drug-likeness (QED) is 0.812. The van der Waals surface area contributed by atoms with Crippen molar-refractivity contribution in [1.29, 1.82) is 10.5 Å². The number of anilines is 1. The van der Waals surface area contributed by atoms with Crippen molar-refractivity contribution in [2.75, 3.05) is 18.0 Å². The molecule has 0 radical (unpaired) electrons. The maximum Gasteiger partial charge on any atom is 0.0991 e. The molecule has 1 unspecified atom stereocenters. The van der Waals surface area contributed by atoms with Crippen LogP contribution < -0.4 is 4.90 Å². The summed E-state index contributed by atoms with van der Waals surface area (Å²) in [5.74, 6) is 0.479. The monoisotopic (exact) mass is 253 g/mol. The van der Waals surface area contributed by atoms with E-state index >= 15 is 0 Å². The lowest BCUT2D eigenvalue weighted by molar-refractivity contribution is 0.179. The van der Waals surface area contributed by atoms with Gasteiger partial charge in [-0.1, -0.05) is 13.8 Å². The van der Waals surface area contributed by atoms with Gasteiger partial charge >= 0.3 is 0 Å². The Bertz CT molecular complexity index is 516. The van der Waals surface area contributed by atoms with Gasteiger partial charge in [0.25, 0.3) is 0 Å². The predicted molar refractivity (Wildman–Crippen MR) is 75.5 cm³/mol. The zero-order chi connectivity index (χ0) is 13.9. The van der Waals surface area contributed by atoms with Gasteiger partial charge in [-0.15, -0.1) is 0 Å². The standard InChI is InChI=1S/C16H19N3/c1-16(2)12-19(10-8-14(16)7-9-17)15-5-3-13(11-18)4-6-15/h3-6,14H,7-8,10,12H2,1-2H3. The second-order valence-corrected chi connectivity index (χ2v) is 5.92. The Hall–Kier alpha value is -2.00. The lowest BCUT2D eigenvalue weighted by atomic mass is 9.72. The fourth-order valence-electron chi connectivity index (χ4n) is 2.86. The first-order valence-electron chi connectivity index (χ1n) is 6.69. The van der Waals surface area contributed by atoms with Gasteiger partial charge in [0.1, 0.15) is 0 Å². The van der Waals surface area contributed by atoms with E-state index in [9.17, 15) is 0 Å². The largest absolute Gasteiger partial charge is 0.371 e. The molecule has 0 saturated carbocycles. The van der Waals surface area contributed by atoms with E-state index in [1.807, 2.05) is 24.3 Å². The average Bonchev–Trinajstić information content (AvgIpc) is 2.41. The van der Waals surface area contributed by atoms with Gasteiger partial charge in [-0.2, -0.15) is 10.5 Å². The fraction of sp³-hybridized carbons (Fsp3) is 0.500. The van der Waals surface area contributed by atoms with Gasteiger partial charge in [0.2, 0.25) is 0 Å². The highest BCUT2D eigenvalue weighted by Gasteiger charge is 2.35. The molecule has 0 aliphatic carbocycles. The molecule has 19 heavy (non-hydrogen) atoms. The van der Waals surface area contributed by atoms with Crippen molar-refractivity contribution in [2.45, 2.75) is 26.7 Å². The van der Waals surface area contributed by atoms with Crippen LogP contribution in [-0.4, -0.2) is 13.1 Å². The Morgan fingerprint density at radius 2 is 1.95 bits per heavy atom. The van der Waals surface area contributed by atoms with Crippen LogP contribution in [0, 0.1) is 34.0 Å².